The minimum absolute atomic E-state index is 0.117. The Balaban J connectivity index is 1.42. The van der Waals surface area contributed by atoms with Gasteiger partial charge in [-0.25, -0.2) is 0 Å². The molecule has 0 radical (unpaired) electrons. The van der Waals surface area contributed by atoms with E-state index in [1.165, 1.54) is 23.3 Å². The standard InChI is InChI=1S/C17H22N2O2S/c20-16-9-13(11-19(16)14-3-1-2-4-14)17(21)18-7-5-15-12(10-18)6-8-22-15/h6,8,13-14H,1-5,7,9-11H2. The highest BCUT2D eigenvalue weighted by Gasteiger charge is 2.40. The highest BCUT2D eigenvalue weighted by molar-refractivity contribution is 7.10. The van der Waals surface area contributed by atoms with Crippen LogP contribution in [0.25, 0.3) is 0 Å². The molecule has 1 atom stereocenters. The van der Waals surface area contributed by atoms with E-state index in [4.69, 9.17) is 0 Å². The van der Waals surface area contributed by atoms with Gasteiger partial charge in [0, 0.05) is 37.0 Å². The Labute approximate surface area is 135 Å². The average molecular weight is 318 g/mol. The first-order valence-electron chi connectivity index (χ1n) is 8.36. The van der Waals surface area contributed by atoms with Gasteiger partial charge in [0.2, 0.25) is 11.8 Å². The molecule has 1 saturated heterocycles. The summed E-state index contributed by atoms with van der Waals surface area (Å²) in [6.45, 7) is 2.18. The Morgan fingerprint density at radius 1 is 1.27 bits per heavy atom. The van der Waals surface area contributed by atoms with E-state index in [9.17, 15) is 9.59 Å². The van der Waals surface area contributed by atoms with E-state index in [2.05, 4.69) is 11.4 Å². The summed E-state index contributed by atoms with van der Waals surface area (Å²) in [5.41, 5.74) is 1.29. The van der Waals surface area contributed by atoms with Crippen molar-refractivity contribution in [1.82, 2.24) is 9.80 Å². The predicted octanol–water partition coefficient (Wildman–Crippen LogP) is 2.42. The van der Waals surface area contributed by atoms with Gasteiger partial charge < -0.3 is 9.80 Å². The summed E-state index contributed by atoms with van der Waals surface area (Å²) in [5.74, 6) is 0.262. The van der Waals surface area contributed by atoms with Gasteiger partial charge in [-0.05, 0) is 36.3 Å². The molecule has 1 aromatic rings. The molecule has 4 rings (SSSR count). The molecule has 1 unspecified atom stereocenters. The third-order valence-electron chi connectivity index (χ3n) is 5.39. The zero-order chi connectivity index (χ0) is 15.1. The first-order valence-corrected chi connectivity index (χ1v) is 9.24. The highest BCUT2D eigenvalue weighted by Crippen LogP contribution is 2.31. The fraction of sp³-hybridized carbons (Fsp3) is 0.647. The van der Waals surface area contributed by atoms with Crippen molar-refractivity contribution in [2.75, 3.05) is 13.1 Å². The number of hydrogen-bond acceptors (Lipinski definition) is 3. The predicted molar refractivity (Wildman–Crippen MR) is 85.5 cm³/mol. The van der Waals surface area contributed by atoms with Gasteiger partial charge in [-0.2, -0.15) is 0 Å². The smallest absolute Gasteiger partial charge is 0.228 e. The van der Waals surface area contributed by atoms with Gasteiger partial charge in [-0.15, -0.1) is 11.3 Å². The molecule has 0 aromatic carbocycles. The molecule has 2 fully saturated rings. The van der Waals surface area contributed by atoms with Crippen LogP contribution in [-0.2, 0) is 22.6 Å². The third kappa shape index (κ3) is 2.45. The molecule has 3 aliphatic rings. The lowest BCUT2D eigenvalue weighted by molar-refractivity contribution is -0.136. The summed E-state index contributed by atoms with van der Waals surface area (Å²) in [6, 6.07) is 2.53. The zero-order valence-corrected chi connectivity index (χ0v) is 13.6. The molecule has 4 nitrogen and oxygen atoms in total. The molecule has 0 spiro atoms. The van der Waals surface area contributed by atoms with E-state index in [1.54, 1.807) is 11.3 Å². The molecule has 0 bridgehead atoms. The number of likely N-dealkylation sites (tertiary alicyclic amines) is 1. The Hall–Kier alpha value is -1.36. The molecule has 1 aliphatic carbocycles. The van der Waals surface area contributed by atoms with E-state index in [0.29, 0.717) is 19.0 Å². The maximum atomic E-state index is 12.8. The van der Waals surface area contributed by atoms with Crippen molar-refractivity contribution in [3.05, 3.63) is 21.9 Å². The van der Waals surface area contributed by atoms with Crippen LogP contribution in [0.3, 0.4) is 0 Å². The zero-order valence-electron chi connectivity index (χ0n) is 12.8. The van der Waals surface area contributed by atoms with Crippen LogP contribution >= 0.6 is 11.3 Å². The van der Waals surface area contributed by atoms with Crippen LogP contribution in [-0.4, -0.2) is 40.7 Å². The molecular formula is C17H22N2O2S. The van der Waals surface area contributed by atoms with Crippen molar-refractivity contribution in [2.45, 2.75) is 51.1 Å². The first kappa shape index (κ1) is 14.2. The normalized spacial score (nSPS) is 25.8. The number of carbonyl (C=O) groups is 2. The first-order chi connectivity index (χ1) is 10.7. The van der Waals surface area contributed by atoms with Crippen LogP contribution in [0.4, 0.5) is 0 Å². The molecule has 118 valence electrons. The van der Waals surface area contributed by atoms with Crippen LogP contribution in [0.1, 0.15) is 42.5 Å². The van der Waals surface area contributed by atoms with Gasteiger partial charge >= 0.3 is 0 Å². The van der Waals surface area contributed by atoms with Crippen LogP contribution in [0.5, 0.6) is 0 Å². The topological polar surface area (TPSA) is 40.6 Å². The lowest BCUT2D eigenvalue weighted by Gasteiger charge is -2.29. The molecule has 5 heteroatoms. The monoisotopic (exact) mass is 318 g/mol. The molecule has 1 aromatic heterocycles. The summed E-state index contributed by atoms with van der Waals surface area (Å²) < 4.78 is 0. The van der Waals surface area contributed by atoms with Crippen molar-refractivity contribution in [3.63, 3.8) is 0 Å². The molecule has 2 aliphatic heterocycles. The Morgan fingerprint density at radius 2 is 2.09 bits per heavy atom. The number of rotatable bonds is 2. The van der Waals surface area contributed by atoms with Gasteiger partial charge in [0.1, 0.15) is 0 Å². The Kier molecular flexibility index (Phi) is 3.68. The second kappa shape index (κ2) is 5.69. The van der Waals surface area contributed by atoms with Crippen molar-refractivity contribution in [3.8, 4) is 0 Å². The molecule has 0 N–H and O–H groups in total. The number of carbonyl (C=O) groups excluding carboxylic acids is 2. The van der Waals surface area contributed by atoms with E-state index in [0.717, 1.165) is 32.4 Å². The molecular weight excluding hydrogens is 296 g/mol. The van der Waals surface area contributed by atoms with Gasteiger partial charge in [-0.1, -0.05) is 12.8 Å². The van der Waals surface area contributed by atoms with Gasteiger partial charge in [0.15, 0.2) is 0 Å². The van der Waals surface area contributed by atoms with Crippen LogP contribution < -0.4 is 0 Å². The molecule has 3 heterocycles. The van der Waals surface area contributed by atoms with Gasteiger partial charge in [0.25, 0.3) is 0 Å². The van der Waals surface area contributed by atoms with Crippen molar-refractivity contribution in [1.29, 1.82) is 0 Å². The maximum absolute atomic E-state index is 12.8. The number of amides is 2. The van der Waals surface area contributed by atoms with Crippen molar-refractivity contribution in [2.24, 2.45) is 5.92 Å². The van der Waals surface area contributed by atoms with E-state index in [-0.39, 0.29) is 17.7 Å². The summed E-state index contributed by atoms with van der Waals surface area (Å²) in [7, 11) is 0. The van der Waals surface area contributed by atoms with Crippen LogP contribution in [0.15, 0.2) is 11.4 Å². The second-order valence-electron chi connectivity index (χ2n) is 6.76. The van der Waals surface area contributed by atoms with Crippen LogP contribution in [0.2, 0.25) is 0 Å². The number of nitrogens with zero attached hydrogens (tertiary/aromatic N) is 2. The molecule has 2 amide bonds. The summed E-state index contributed by atoms with van der Waals surface area (Å²) >= 11 is 1.79. The Bertz CT molecular complexity index is 591. The fourth-order valence-electron chi connectivity index (χ4n) is 4.16. The average Bonchev–Trinajstić information content (AvgIpc) is 3.25. The van der Waals surface area contributed by atoms with E-state index >= 15 is 0 Å². The number of thiophene rings is 1. The minimum Gasteiger partial charge on any atom is -0.339 e. The number of hydrogen-bond donors (Lipinski definition) is 0. The maximum Gasteiger partial charge on any atom is 0.228 e. The second-order valence-corrected chi connectivity index (χ2v) is 7.76. The van der Waals surface area contributed by atoms with E-state index < -0.39 is 0 Å². The van der Waals surface area contributed by atoms with Gasteiger partial charge in [0.05, 0.1) is 5.92 Å². The largest absolute Gasteiger partial charge is 0.339 e. The summed E-state index contributed by atoms with van der Waals surface area (Å²) in [6.07, 6.45) is 6.07. The Morgan fingerprint density at radius 3 is 2.91 bits per heavy atom. The lowest BCUT2D eigenvalue weighted by Crippen LogP contribution is -2.41. The molecule has 1 saturated carbocycles. The van der Waals surface area contributed by atoms with Crippen molar-refractivity contribution >= 4 is 23.2 Å². The van der Waals surface area contributed by atoms with Crippen molar-refractivity contribution < 1.29 is 9.59 Å². The SMILES string of the molecule is O=C(C1CC(=O)N(C2CCCC2)C1)N1CCc2sccc2C1. The quantitative estimate of drug-likeness (QED) is 0.840. The third-order valence-corrected chi connectivity index (χ3v) is 6.42. The number of fused-ring (bicyclic) bond motifs is 1. The minimum atomic E-state index is -0.117. The molecule has 22 heavy (non-hydrogen) atoms. The van der Waals surface area contributed by atoms with E-state index in [1.807, 2.05) is 9.80 Å². The summed E-state index contributed by atoms with van der Waals surface area (Å²) in [4.78, 5) is 30.4. The lowest BCUT2D eigenvalue weighted by atomic mass is 10.0. The highest BCUT2D eigenvalue weighted by atomic mass is 32.1. The van der Waals surface area contributed by atoms with Crippen LogP contribution in [0, 0.1) is 5.92 Å². The summed E-state index contributed by atoms with van der Waals surface area (Å²) in [5, 5.41) is 2.11. The van der Waals surface area contributed by atoms with Gasteiger partial charge in [-0.3, -0.25) is 9.59 Å². The fourth-order valence-corrected chi connectivity index (χ4v) is 5.05.